The molecule has 0 atom stereocenters. The summed E-state index contributed by atoms with van der Waals surface area (Å²) < 4.78 is 7.40. The molecule has 2 saturated carbocycles. The molecule has 184 valence electrons. The largest absolute Gasteiger partial charge is 0.488 e. The zero-order valence-electron chi connectivity index (χ0n) is 20.1. The molecule has 0 radical (unpaired) electrons. The number of nitrogens with zero attached hydrogens (tertiary/aromatic N) is 2. The highest BCUT2D eigenvalue weighted by Gasteiger charge is 2.39. The molecule has 0 aromatic heterocycles. The van der Waals surface area contributed by atoms with E-state index in [2.05, 4.69) is 46.9 Å². The molecule has 1 amide bonds. The van der Waals surface area contributed by atoms with Crippen LogP contribution in [0.4, 0.5) is 0 Å². The lowest BCUT2D eigenvalue weighted by molar-refractivity contribution is -0.124. The highest BCUT2D eigenvalue weighted by Crippen LogP contribution is 2.39. The number of halogens is 1. The van der Waals surface area contributed by atoms with Gasteiger partial charge in [0.25, 0.3) is 5.91 Å². The second-order valence-electron chi connectivity index (χ2n) is 9.73. The van der Waals surface area contributed by atoms with Gasteiger partial charge in [0.15, 0.2) is 5.17 Å². The lowest BCUT2D eigenvalue weighted by Gasteiger charge is -2.31. The van der Waals surface area contributed by atoms with Crippen molar-refractivity contribution in [1.29, 1.82) is 0 Å². The van der Waals surface area contributed by atoms with Crippen LogP contribution in [0.2, 0.25) is 0 Å². The van der Waals surface area contributed by atoms with Crippen LogP contribution in [-0.4, -0.2) is 28.1 Å². The number of amidine groups is 1. The third-order valence-corrected chi connectivity index (χ3v) is 8.87. The van der Waals surface area contributed by atoms with Crippen molar-refractivity contribution >= 4 is 51.5 Å². The second kappa shape index (κ2) is 12.0. The molecule has 0 unspecified atom stereocenters. The van der Waals surface area contributed by atoms with Gasteiger partial charge in [-0.1, -0.05) is 68.9 Å². The van der Waals surface area contributed by atoms with E-state index in [-0.39, 0.29) is 11.9 Å². The quantitative estimate of drug-likeness (QED) is 0.251. The summed E-state index contributed by atoms with van der Waals surface area (Å²) in [6.07, 6.45) is 13.9. The Kier molecular flexibility index (Phi) is 8.50. The Hall–Kier alpha value is -1.80. The van der Waals surface area contributed by atoms with Crippen molar-refractivity contribution in [2.24, 2.45) is 4.99 Å². The fourth-order valence-corrected chi connectivity index (χ4v) is 6.68. The maximum Gasteiger partial charge on any atom is 0.267 e. The first-order chi connectivity index (χ1) is 17.2. The summed E-state index contributed by atoms with van der Waals surface area (Å²) in [6.45, 7) is 0.501. The van der Waals surface area contributed by atoms with Gasteiger partial charge in [-0.3, -0.25) is 14.7 Å². The number of carbonyl (C=O) groups excluding carboxylic acids is 1. The Labute approximate surface area is 226 Å². The van der Waals surface area contributed by atoms with E-state index in [4.69, 9.17) is 9.73 Å². The van der Waals surface area contributed by atoms with Crippen LogP contribution < -0.4 is 4.74 Å². The summed E-state index contributed by atoms with van der Waals surface area (Å²) in [5, 5.41) is 0.928. The van der Waals surface area contributed by atoms with Gasteiger partial charge < -0.3 is 4.74 Å². The highest BCUT2D eigenvalue weighted by molar-refractivity contribution is 14.1. The van der Waals surface area contributed by atoms with Crippen LogP contribution in [0.3, 0.4) is 0 Å². The number of aliphatic imine (C=N–C) groups is 1. The van der Waals surface area contributed by atoms with Crippen LogP contribution in [0.5, 0.6) is 5.75 Å². The molecule has 1 saturated heterocycles. The van der Waals surface area contributed by atoms with Gasteiger partial charge in [0, 0.05) is 15.2 Å². The molecule has 5 rings (SSSR count). The number of amides is 1. The standard InChI is InChI=1S/C29H33IN2O2S/c30-23-17-15-21(16-18-23)20-34-26-14-8-7-9-22(26)19-27-28(33)32(25-12-5-2-6-13-25)29(35-27)31-24-10-3-1-4-11-24/h7-9,14-19,24-25H,1-6,10-13,20H2. The Morgan fingerprint density at radius 2 is 1.63 bits per heavy atom. The summed E-state index contributed by atoms with van der Waals surface area (Å²) in [5.74, 6) is 0.915. The number of rotatable bonds is 6. The molecule has 0 spiro atoms. The van der Waals surface area contributed by atoms with Crippen molar-refractivity contribution < 1.29 is 9.53 Å². The smallest absolute Gasteiger partial charge is 0.267 e. The molecule has 2 aromatic carbocycles. The maximum atomic E-state index is 13.7. The Balaban J connectivity index is 1.39. The average Bonchev–Trinajstić information content (AvgIpc) is 3.19. The van der Waals surface area contributed by atoms with E-state index in [1.54, 1.807) is 11.8 Å². The molecule has 3 fully saturated rings. The number of para-hydroxylation sites is 1. The molecular weight excluding hydrogens is 567 g/mol. The second-order valence-corrected chi connectivity index (χ2v) is 12.0. The van der Waals surface area contributed by atoms with Crippen LogP contribution in [0, 0.1) is 3.57 Å². The molecule has 3 aliphatic rings. The molecule has 35 heavy (non-hydrogen) atoms. The lowest BCUT2D eigenvalue weighted by Crippen LogP contribution is -2.41. The third-order valence-electron chi connectivity index (χ3n) is 7.16. The predicted molar refractivity (Wildman–Crippen MR) is 154 cm³/mol. The fourth-order valence-electron chi connectivity index (χ4n) is 5.22. The first kappa shape index (κ1) is 24.9. The normalized spacial score (nSPS) is 22.3. The topological polar surface area (TPSA) is 41.9 Å². The van der Waals surface area contributed by atoms with Crippen LogP contribution in [0.15, 0.2) is 58.4 Å². The van der Waals surface area contributed by atoms with Gasteiger partial charge in [-0.2, -0.15) is 0 Å². The van der Waals surface area contributed by atoms with E-state index in [0.717, 1.165) is 52.6 Å². The third kappa shape index (κ3) is 6.31. The Bertz CT molecular complexity index is 1090. The monoisotopic (exact) mass is 600 g/mol. The van der Waals surface area contributed by atoms with Crippen molar-refractivity contribution in [2.75, 3.05) is 0 Å². The maximum absolute atomic E-state index is 13.7. The van der Waals surface area contributed by atoms with Gasteiger partial charge in [-0.15, -0.1) is 0 Å². The summed E-state index contributed by atoms with van der Waals surface area (Å²) in [5.41, 5.74) is 2.07. The van der Waals surface area contributed by atoms with Gasteiger partial charge in [0.2, 0.25) is 0 Å². The van der Waals surface area contributed by atoms with Gasteiger partial charge >= 0.3 is 0 Å². The van der Waals surface area contributed by atoms with Gasteiger partial charge in [0.1, 0.15) is 12.4 Å². The lowest BCUT2D eigenvalue weighted by atomic mass is 9.94. The Morgan fingerprint density at radius 3 is 2.37 bits per heavy atom. The summed E-state index contributed by atoms with van der Waals surface area (Å²) in [4.78, 5) is 21.7. The van der Waals surface area contributed by atoms with Crippen LogP contribution in [0.25, 0.3) is 6.08 Å². The van der Waals surface area contributed by atoms with Gasteiger partial charge in [0.05, 0.1) is 10.9 Å². The SMILES string of the molecule is O=C1C(=Cc2ccccc2OCc2ccc(I)cc2)SC(=NC2CCCCC2)N1C1CCCCC1. The average molecular weight is 601 g/mol. The van der Waals surface area contributed by atoms with E-state index >= 15 is 0 Å². The van der Waals surface area contributed by atoms with E-state index in [0.29, 0.717) is 12.6 Å². The molecule has 1 aliphatic heterocycles. The fraction of sp³-hybridized carbons (Fsp3) is 0.448. The number of hydrogen-bond acceptors (Lipinski definition) is 4. The minimum Gasteiger partial charge on any atom is -0.488 e. The first-order valence-corrected chi connectivity index (χ1v) is 14.8. The van der Waals surface area contributed by atoms with Crippen molar-refractivity contribution in [3.63, 3.8) is 0 Å². The van der Waals surface area contributed by atoms with Crippen LogP contribution >= 0.6 is 34.4 Å². The van der Waals surface area contributed by atoms with Crippen molar-refractivity contribution in [1.82, 2.24) is 4.90 Å². The highest BCUT2D eigenvalue weighted by atomic mass is 127. The van der Waals surface area contributed by atoms with Gasteiger partial charge in [-0.05, 0) is 89.9 Å². The van der Waals surface area contributed by atoms with Crippen molar-refractivity contribution in [3.8, 4) is 5.75 Å². The summed E-state index contributed by atoms with van der Waals surface area (Å²) >= 11 is 3.88. The molecular formula is C29H33IN2O2S. The molecule has 2 aromatic rings. The minimum absolute atomic E-state index is 0.115. The van der Waals surface area contributed by atoms with Crippen LogP contribution in [0.1, 0.15) is 75.3 Å². The van der Waals surface area contributed by atoms with Crippen molar-refractivity contribution in [3.05, 3.63) is 68.1 Å². The molecule has 6 heteroatoms. The molecule has 0 bridgehead atoms. The van der Waals surface area contributed by atoms with Crippen LogP contribution in [-0.2, 0) is 11.4 Å². The number of thioether (sulfide) groups is 1. The zero-order chi connectivity index (χ0) is 24.0. The number of hydrogen-bond donors (Lipinski definition) is 0. The van der Waals surface area contributed by atoms with E-state index in [1.807, 2.05) is 35.2 Å². The van der Waals surface area contributed by atoms with E-state index < -0.39 is 0 Å². The zero-order valence-corrected chi connectivity index (χ0v) is 23.1. The van der Waals surface area contributed by atoms with Gasteiger partial charge in [-0.25, -0.2) is 0 Å². The first-order valence-electron chi connectivity index (χ1n) is 12.9. The molecule has 1 heterocycles. The number of ether oxygens (including phenoxy) is 1. The van der Waals surface area contributed by atoms with E-state index in [9.17, 15) is 4.79 Å². The van der Waals surface area contributed by atoms with Crippen molar-refractivity contribution in [2.45, 2.75) is 82.9 Å². The number of benzene rings is 2. The molecule has 2 aliphatic carbocycles. The Morgan fingerprint density at radius 1 is 0.943 bits per heavy atom. The van der Waals surface area contributed by atoms with E-state index in [1.165, 1.54) is 42.1 Å². The minimum atomic E-state index is 0.115. The molecule has 4 nitrogen and oxygen atoms in total. The number of carbonyl (C=O) groups is 1. The summed E-state index contributed by atoms with van der Waals surface area (Å²) in [7, 11) is 0. The predicted octanol–water partition coefficient (Wildman–Crippen LogP) is 7.81. The molecule has 0 N–H and O–H groups in total. The summed E-state index contributed by atoms with van der Waals surface area (Å²) in [6, 6.07) is 17.0.